The molecule has 4 heteroatoms. The lowest BCUT2D eigenvalue weighted by atomic mass is 9.98. The quantitative estimate of drug-likeness (QED) is 0.827. The highest BCUT2D eigenvalue weighted by atomic mass is 16.5. The van der Waals surface area contributed by atoms with Crippen molar-refractivity contribution in [3.8, 4) is 5.75 Å². The van der Waals surface area contributed by atoms with E-state index >= 15 is 0 Å². The lowest BCUT2D eigenvalue weighted by Gasteiger charge is -2.31. The number of likely N-dealkylation sites (tertiary alicyclic amines) is 1. The lowest BCUT2D eigenvalue weighted by Crippen LogP contribution is -2.37. The molecule has 1 fully saturated rings. The zero-order valence-corrected chi connectivity index (χ0v) is 12.4. The second-order valence-electron chi connectivity index (χ2n) is 5.44. The first-order valence-corrected chi connectivity index (χ1v) is 7.45. The Morgan fingerprint density at radius 2 is 2.10 bits per heavy atom. The van der Waals surface area contributed by atoms with Crippen LogP contribution in [0.15, 0.2) is 24.3 Å². The van der Waals surface area contributed by atoms with Gasteiger partial charge in [0.15, 0.2) is 0 Å². The fraction of sp³-hybridized carbons (Fsp3) is 0.625. The molecule has 0 saturated carbocycles. The molecule has 0 atom stereocenters. The van der Waals surface area contributed by atoms with Gasteiger partial charge in [-0.2, -0.15) is 0 Å². The lowest BCUT2D eigenvalue weighted by molar-refractivity contribution is 0.0928. The minimum absolute atomic E-state index is 0.560. The number of ether oxygens (including phenoxy) is 2. The van der Waals surface area contributed by atoms with Crippen LogP contribution in [0.2, 0.25) is 0 Å². The highest BCUT2D eigenvalue weighted by Crippen LogP contribution is 2.17. The van der Waals surface area contributed by atoms with Gasteiger partial charge in [0.1, 0.15) is 12.4 Å². The third kappa shape index (κ3) is 4.78. The van der Waals surface area contributed by atoms with Gasteiger partial charge < -0.3 is 15.2 Å². The van der Waals surface area contributed by atoms with E-state index in [-0.39, 0.29) is 0 Å². The van der Waals surface area contributed by atoms with Gasteiger partial charge in [0, 0.05) is 26.8 Å². The molecule has 1 aliphatic heterocycles. The predicted molar refractivity (Wildman–Crippen MR) is 80.9 cm³/mol. The fourth-order valence-corrected chi connectivity index (χ4v) is 2.67. The Hall–Kier alpha value is -1.10. The van der Waals surface area contributed by atoms with Crippen LogP contribution in [0.5, 0.6) is 5.75 Å². The van der Waals surface area contributed by atoms with Crippen LogP contribution in [0.3, 0.4) is 0 Å². The Kier molecular flexibility index (Phi) is 6.30. The molecular formula is C16H26N2O2. The summed E-state index contributed by atoms with van der Waals surface area (Å²) in [5.74, 6) is 1.65. The fourth-order valence-electron chi connectivity index (χ4n) is 2.67. The summed E-state index contributed by atoms with van der Waals surface area (Å²) in [6, 6.07) is 8.02. The zero-order valence-electron chi connectivity index (χ0n) is 12.4. The van der Waals surface area contributed by atoms with Gasteiger partial charge in [0.2, 0.25) is 0 Å². The summed E-state index contributed by atoms with van der Waals surface area (Å²) < 4.78 is 11.0. The van der Waals surface area contributed by atoms with E-state index in [4.69, 9.17) is 15.2 Å². The smallest absolute Gasteiger partial charge is 0.119 e. The summed E-state index contributed by atoms with van der Waals surface area (Å²) in [5, 5.41) is 0. The van der Waals surface area contributed by atoms with Crippen LogP contribution in [0, 0.1) is 5.92 Å². The monoisotopic (exact) mass is 278 g/mol. The average molecular weight is 278 g/mol. The van der Waals surface area contributed by atoms with Gasteiger partial charge in [0.05, 0.1) is 0 Å². The molecule has 20 heavy (non-hydrogen) atoms. The highest BCUT2D eigenvalue weighted by molar-refractivity contribution is 5.28. The van der Waals surface area contributed by atoms with E-state index in [0.29, 0.717) is 6.54 Å². The van der Waals surface area contributed by atoms with Gasteiger partial charge in [0.25, 0.3) is 0 Å². The summed E-state index contributed by atoms with van der Waals surface area (Å²) >= 11 is 0. The van der Waals surface area contributed by atoms with E-state index in [0.717, 1.165) is 50.1 Å². The van der Waals surface area contributed by atoms with Gasteiger partial charge in [-0.05, 0) is 49.5 Å². The SMILES string of the molecule is COCC1CCN(CCOc2cccc(CN)c2)CC1. The topological polar surface area (TPSA) is 47.7 Å². The van der Waals surface area contributed by atoms with Crippen LogP contribution >= 0.6 is 0 Å². The van der Waals surface area contributed by atoms with Crippen molar-refractivity contribution < 1.29 is 9.47 Å². The van der Waals surface area contributed by atoms with Crippen molar-refractivity contribution in [2.45, 2.75) is 19.4 Å². The third-order valence-corrected chi connectivity index (χ3v) is 3.92. The molecule has 1 aliphatic rings. The van der Waals surface area contributed by atoms with Gasteiger partial charge in [-0.25, -0.2) is 0 Å². The highest BCUT2D eigenvalue weighted by Gasteiger charge is 2.18. The van der Waals surface area contributed by atoms with E-state index in [9.17, 15) is 0 Å². The molecule has 0 aromatic heterocycles. The van der Waals surface area contributed by atoms with Crippen LogP contribution in [-0.4, -0.2) is 44.9 Å². The van der Waals surface area contributed by atoms with Crippen LogP contribution in [0.25, 0.3) is 0 Å². The van der Waals surface area contributed by atoms with Crippen molar-refractivity contribution in [1.29, 1.82) is 0 Å². The number of piperidine rings is 1. The molecule has 0 bridgehead atoms. The predicted octanol–water partition coefficient (Wildman–Crippen LogP) is 1.88. The minimum Gasteiger partial charge on any atom is -0.492 e. The molecule has 4 nitrogen and oxygen atoms in total. The maximum absolute atomic E-state index is 5.80. The van der Waals surface area contributed by atoms with Crippen molar-refractivity contribution in [1.82, 2.24) is 4.90 Å². The Labute approximate surface area is 121 Å². The first-order valence-electron chi connectivity index (χ1n) is 7.45. The molecule has 0 amide bonds. The molecular weight excluding hydrogens is 252 g/mol. The molecule has 1 heterocycles. The molecule has 2 rings (SSSR count). The molecule has 1 saturated heterocycles. The van der Waals surface area contributed by atoms with Gasteiger partial charge >= 0.3 is 0 Å². The summed E-state index contributed by atoms with van der Waals surface area (Å²) in [5.41, 5.74) is 6.74. The third-order valence-electron chi connectivity index (χ3n) is 3.92. The normalized spacial score (nSPS) is 17.3. The molecule has 0 spiro atoms. The molecule has 1 aromatic carbocycles. The van der Waals surface area contributed by atoms with Gasteiger partial charge in [-0.3, -0.25) is 4.90 Å². The van der Waals surface area contributed by atoms with Crippen molar-refractivity contribution in [3.63, 3.8) is 0 Å². The average Bonchev–Trinajstić information content (AvgIpc) is 2.50. The standard InChI is InChI=1S/C16H26N2O2/c1-19-13-14-5-7-18(8-6-14)9-10-20-16-4-2-3-15(11-16)12-17/h2-4,11,14H,5-10,12-13,17H2,1H3. The van der Waals surface area contributed by atoms with E-state index < -0.39 is 0 Å². The Bertz CT molecular complexity index is 390. The van der Waals surface area contributed by atoms with E-state index in [2.05, 4.69) is 4.90 Å². The summed E-state index contributed by atoms with van der Waals surface area (Å²) in [6.07, 6.45) is 2.47. The molecule has 0 radical (unpaired) electrons. The van der Waals surface area contributed by atoms with Crippen LogP contribution in [0.4, 0.5) is 0 Å². The number of hydrogen-bond donors (Lipinski definition) is 1. The second kappa shape index (κ2) is 8.25. The number of nitrogens with two attached hydrogens (primary N) is 1. The van der Waals surface area contributed by atoms with E-state index in [1.54, 1.807) is 7.11 Å². The molecule has 1 aromatic rings. The first kappa shape index (κ1) is 15.3. The van der Waals surface area contributed by atoms with Crippen molar-refractivity contribution in [2.75, 3.05) is 40.0 Å². The minimum atomic E-state index is 0.560. The summed E-state index contributed by atoms with van der Waals surface area (Å²) in [6.45, 7) is 5.50. The maximum Gasteiger partial charge on any atom is 0.119 e. The van der Waals surface area contributed by atoms with E-state index in [1.165, 1.54) is 12.8 Å². The Balaban J connectivity index is 1.66. The van der Waals surface area contributed by atoms with Crippen molar-refractivity contribution >= 4 is 0 Å². The Morgan fingerprint density at radius 1 is 1.30 bits per heavy atom. The van der Waals surface area contributed by atoms with Crippen LogP contribution in [-0.2, 0) is 11.3 Å². The van der Waals surface area contributed by atoms with Gasteiger partial charge in [-0.15, -0.1) is 0 Å². The summed E-state index contributed by atoms with van der Waals surface area (Å²) in [4.78, 5) is 2.47. The maximum atomic E-state index is 5.80. The number of rotatable bonds is 7. The van der Waals surface area contributed by atoms with Gasteiger partial charge in [-0.1, -0.05) is 12.1 Å². The number of methoxy groups -OCH3 is 1. The number of benzene rings is 1. The zero-order chi connectivity index (χ0) is 14.2. The van der Waals surface area contributed by atoms with Crippen LogP contribution in [0.1, 0.15) is 18.4 Å². The second-order valence-corrected chi connectivity index (χ2v) is 5.44. The van der Waals surface area contributed by atoms with Crippen molar-refractivity contribution in [2.24, 2.45) is 11.7 Å². The van der Waals surface area contributed by atoms with Crippen molar-refractivity contribution in [3.05, 3.63) is 29.8 Å². The Morgan fingerprint density at radius 3 is 2.80 bits per heavy atom. The van der Waals surface area contributed by atoms with E-state index in [1.807, 2.05) is 24.3 Å². The van der Waals surface area contributed by atoms with Crippen LogP contribution < -0.4 is 10.5 Å². The first-order chi connectivity index (χ1) is 9.81. The summed E-state index contributed by atoms with van der Waals surface area (Å²) in [7, 11) is 1.79. The number of hydrogen-bond acceptors (Lipinski definition) is 4. The number of nitrogens with zero attached hydrogens (tertiary/aromatic N) is 1. The molecule has 0 aliphatic carbocycles. The largest absolute Gasteiger partial charge is 0.492 e. The molecule has 112 valence electrons. The molecule has 2 N–H and O–H groups in total. The molecule has 0 unspecified atom stereocenters.